The van der Waals surface area contributed by atoms with Crippen LogP contribution in [0.2, 0.25) is 0 Å². The number of rotatable bonds is 4. The molecule has 0 spiro atoms. The summed E-state index contributed by atoms with van der Waals surface area (Å²) < 4.78 is 41.7. The summed E-state index contributed by atoms with van der Waals surface area (Å²) in [5.41, 5.74) is 0. The second-order valence-corrected chi connectivity index (χ2v) is 5.07. The Bertz CT molecular complexity index is 293. The predicted octanol–water partition coefficient (Wildman–Crippen LogP) is 1.08. The molecule has 1 heterocycles. The third-order valence-corrected chi connectivity index (χ3v) is 3.22. The van der Waals surface area contributed by atoms with Gasteiger partial charge in [-0.1, -0.05) is 0 Å². The van der Waals surface area contributed by atoms with Gasteiger partial charge in [0.25, 0.3) is 0 Å². The lowest BCUT2D eigenvalue weighted by molar-refractivity contribution is -0.148. The number of ether oxygens (including phenoxy) is 1. The number of hydrogen-bond donors (Lipinski definition) is 1. The van der Waals surface area contributed by atoms with Crippen molar-refractivity contribution in [3.8, 4) is 0 Å². The van der Waals surface area contributed by atoms with Crippen LogP contribution in [-0.4, -0.2) is 73.6 Å². The molecule has 112 valence electrons. The van der Waals surface area contributed by atoms with Gasteiger partial charge in [0.05, 0.1) is 13.2 Å². The molecular formula is C11H20F3N3OS. The maximum absolute atomic E-state index is 12.2. The summed E-state index contributed by atoms with van der Waals surface area (Å²) in [6.07, 6.45) is -4.13. The van der Waals surface area contributed by atoms with Crippen LogP contribution in [0.4, 0.5) is 13.2 Å². The molecule has 8 heteroatoms. The van der Waals surface area contributed by atoms with Gasteiger partial charge in [0.15, 0.2) is 5.11 Å². The van der Waals surface area contributed by atoms with Crippen LogP contribution < -0.4 is 5.32 Å². The largest absolute Gasteiger partial charge is 0.401 e. The average molecular weight is 299 g/mol. The van der Waals surface area contributed by atoms with Crippen LogP contribution in [0.5, 0.6) is 0 Å². The van der Waals surface area contributed by atoms with Crippen LogP contribution in [-0.2, 0) is 4.74 Å². The second-order valence-electron chi connectivity index (χ2n) is 4.68. The van der Waals surface area contributed by atoms with Gasteiger partial charge in [0.1, 0.15) is 0 Å². The molecule has 0 radical (unpaired) electrons. The van der Waals surface area contributed by atoms with Gasteiger partial charge in [-0.25, -0.2) is 0 Å². The average Bonchev–Trinajstić information content (AvgIpc) is 2.27. The Kier molecular flexibility index (Phi) is 6.28. The smallest absolute Gasteiger partial charge is 0.383 e. The first-order valence-corrected chi connectivity index (χ1v) is 6.56. The summed E-state index contributed by atoms with van der Waals surface area (Å²) in [5, 5.41) is 3.69. The van der Waals surface area contributed by atoms with Crippen LogP contribution in [0.25, 0.3) is 0 Å². The van der Waals surface area contributed by atoms with Crippen molar-refractivity contribution >= 4 is 17.3 Å². The third kappa shape index (κ3) is 6.40. The van der Waals surface area contributed by atoms with E-state index in [1.54, 1.807) is 7.11 Å². The minimum Gasteiger partial charge on any atom is -0.383 e. The summed E-state index contributed by atoms with van der Waals surface area (Å²) in [4.78, 5) is 3.30. The highest BCUT2D eigenvalue weighted by molar-refractivity contribution is 7.80. The molecule has 0 aliphatic carbocycles. The van der Waals surface area contributed by atoms with Crippen LogP contribution in [0.1, 0.15) is 6.92 Å². The van der Waals surface area contributed by atoms with Gasteiger partial charge in [-0.2, -0.15) is 13.2 Å². The van der Waals surface area contributed by atoms with Crippen LogP contribution in [0.3, 0.4) is 0 Å². The molecule has 1 rings (SSSR count). The lowest BCUT2D eigenvalue weighted by Crippen LogP contribution is -2.54. The summed E-state index contributed by atoms with van der Waals surface area (Å²) in [5.74, 6) is 0. The zero-order valence-corrected chi connectivity index (χ0v) is 12.0. The molecular weight excluding hydrogens is 279 g/mol. The lowest BCUT2D eigenvalue weighted by Gasteiger charge is -2.37. The maximum Gasteiger partial charge on any atom is 0.401 e. The highest BCUT2D eigenvalue weighted by Gasteiger charge is 2.32. The lowest BCUT2D eigenvalue weighted by atomic mass is 10.3. The molecule has 1 unspecified atom stereocenters. The van der Waals surface area contributed by atoms with E-state index in [0.29, 0.717) is 37.9 Å². The quantitative estimate of drug-likeness (QED) is 0.784. The fraction of sp³-hybridized carbons (Fsp3) is 0.909. The Labute approximate surface area is 116 Å². The van der Waals surface area contributed by atoms with Gasteiger partial charge < -0.3 is 15.0 Å². The van der Waals surface area contributed by atoms with E-state index in [1.807, 2.05) is 11.8 Å². The zero-order chi connectivity index (χ0) is 14.5. The summed E-state index contributed by atoms with van der Waals surface area (Å²) in [6, 6.07) is 0.0886. The van der Waals surface area contributed by atoms with Gasteiger partial charge in [-0.3, -0.25) is 4.90 Å². The normalized spacial score (nSPS) is 19.3. The molecule has 19 heavy (non-hydrogen) atoms. The Morgan fingerprint density at radius 2 is 1.89 bits per heavy atom. The molecule has 1 fully saturated rings. The minimum atomic E-state index is -4.13. The van der Waals surface area contributed by atoms with E-state index in [4.69, 9.17) is 17.0 Å². The van der Waals surface area contributed by atoms with E-state index in [-0.39, 0.29) is 6.04 Å². The van der Waals surface area contributed by atoms with Gasteiger partial charge in [-0.15, -0.1) is 0 Å². The van der Waals surface area contributed by atoms with Gasteiger partial charge in [-0.05, 0) is 19.1 Å². The van der Waals surface area contributed by atoms with Crippen molar-refractivity contribution in [2.45, 2.75) is 19.1 Å². The highest BCUT2D eigenvalue weighted by Crippen LogP contribution is 2.17. The number of hydrogen-bond acceptors (Lipinski definition) is 3. The topological polar surface area (TPSA) is 27.7 Å². The predicted molar refractivity (Wildman–Crippen MR) is 71.1 cm³/mol. The molecule has 1 aliphatic rings. The number of nitrogens with one attached hydrogen (secondary N) is 1. The van der Waals surface area contributed by atoms with E-state index < -0.39 is 12.7 Å². The fourth-order valence-corrected chi connectivity index (χ4v) is 2.34. The molecule has 0 aromatic carbocycles. The van der Waals surface area contributed by atoms with Gasteiger partial charge in [0, 0.05) is 39.3 Å². The van der Waals surface area contributed by atoms with Crippen LogP contribution >= 0.6 is 12.2 Å². The third-order valence-electron chi connectivity index (χ3n) is 2.85. The van der Waals surface area contributed by atoms with E-state index in [9.17, 15) is 13.2 Å². The van der Waals surface area contributed by atoms with Gasteiger partial charge >= 0.3 is 6.18 Å². The van der Waals surface area contributed by atoms with E-state index in [0.717, 1.165) is 0 Å². The zero-order valence-electron chi connectivity index (χ0n) is 11.2. The van der Waals surface area contributed by atoms with Crippen molar-refractivity contribution in [2.24, 2.45) is 0 Å². The molecule has 1 saturated heterocycles. The number of piperazine rings is 1. The van der Waals surface area contributed by atoms with E-state index in [2.05, 4.69) is 5.32 Å². The van der Waals surface area contributed by atoms with Crippen molar-refractivity contribution in [3.63, 3.8) is 0 Å². The molecule has 0 aromatic heterocycles. The van der Waals surface area contributed by atoms with E-state index >= 15 is 0 Å². The first-order valence-electron chi connectivity index (χ1n) is 6.15. The number of methoxy groups -OCH3 is 1. The number of alkyl halides is 3. The van der Waals surface area contributed by atoms with E-state index in [1.165, 1.54) is 4.90 Å². The molecule has 0 bridgehead atoms. The Balaban J connectivity index is 2.31. The summed E-state index contributed by atoms with van der Waals surface area (Å²) in [6.45, 7) is 3.41. The highest BCUT2D eigenvalue weighted by atomic mass is 32.1. The van der Waals surface area contributed by atoms with Crippen molar-refractivity contribution < 1.29 is 17.9 Å². The monoisotopic (exact) mass is 299 g/mol. The van der Waals surface area contributed by atoms with Crippen LogP contribution in [0, 0.1) is 0 Å². The molecule has 0 aromatic rings. The van der Waals surface area contributed by atoms with Crippen molar-refractivity contribution in [1.29, 1.82) is 0 Å². The van der Waals surface area contributed by atoms with Crippen molar-refractivity contribution in [3.05, 3.63) is 0 Å². The standard InChI is InChI=1S/C11H20F3N3OS/c1-9(7-18-2)15-10(19)17-5-3-16(4-6-17)8-11(12,13)14/h9H,3-8H2,1-2H3,(H,15,19). The Morgan fingerprint density at radius 1 is 1.32 bits per heavy atom. The summed E-state index contributed by atoms with van der Waals surface area (Å²) in [7, 11) is 1.61. The minimum absolute atomic E-state index is 0.0886. The number of halogens is 3. The molecule has 0 amide bonds. The first kappa shape index (κ1) is 16.5. The molecule has 1 atom stereocenters. The fourth-order valence-electron chi connectivity index (χ4n) is 1.96. The number of nitrogens with zero attached hydrogens (tertiary/aromatic N) is 2. The SMILES string of the molecule is COCC(C)NC(=S)N1CCN(CC(F)(F)F)CC1. The second kappa shape index (κ2) is 7.25. The summed E-state index contributed by atoms with van der Waals surface area (Å²) >= 11 is 5.23. The van der Waals surface area contributed by atoms with Gasteiger partial charge in [0.2, 0.25) is 0 Å². The molecule has 1 aliphatic heterocycles. The Hall–Kier alpha value is -0.600. The molecule has 4 nitrogen and oxygen atoms in total. The van der Waals surface area contributed by atoms with Crippen molar-refractivity contribution in [2.75, 3.05) is 46.4 Å². The Morgan fingerprint density at radius 3 is 2.37 bits per heavy atom. The maximum atomic E-state index is 12.2. The molecule has 1 N–H and O–H groups in total. The molecule has 0 saturated carbocycles. The first-order chi connectivity index (χ1) is 8.81. The number of thiocarbonyl (C=S) groups is 1. The van der Waals surface area contributed by atoms with Crippen LogP contribution in [0.15, 0.2) is 0 Å². The van der Waals surface area contributed by atoms with Crippen molar-refractivity contribution in [1.82, 2.24) is 15.1 Å².